The van der Waals surface area contributed by atoms with Crippen LogP contribution in [0.3, 0.4) is 0 Å². The summed E-state index contributed by atoms with van der Waals surface area (Å²) in [6.45, 7) is 0. The van der Waals surface area contributed by atoms with E-state index < -0.39 is 17.5 Å². The largest absolute Gasteiger partial charge is 0.398 e. The van der Waals surface area contributed by atoms with E-state index in [4.69, 9.17) is 0 Å². The lowest BCUT2D eigenvalue weighted by atomic mass is 9.94. The second-order valence-corrected chi connectivity index (χ2v) is 6.09. The number of halogens is 3. The fraction of sp³-hybridized carbons (Fsp3) is 0.250. The summed E-state index contributed by atoms with van der Waals surface area (Å²) in [6.07, 6.45) is -2.69. The van der Waals surface area contributed by atoms with E-state index in [-0.39, 0.29) is 24.0 Å². The van der Waals surface area contributed by atoms with Crippen molar-refractivity contribution in [2.45, 2.75) is 24.4 Å². The minimum atomic E-state index is -4.27. The van der Waals surface area contributed by atoms with Gasteiger partial charge in [-0.1, -0.05) is 12.1 Å². The molecule has 0 atom stereocenters. The molecule has 2 N–H and O–H groups in total. The van der Waals surface area contributed by atoms with Gasteiger partial charge in [-0.05, 0) is 42.7 Å². The standard InChI is InChI=1S/C16H13F3N6O/c17-16(18,19)15(7-8-15)11-3-1-10(2-4-11)14(26)23-21-12-5-6-13-22-20-9-25(13)24-12/h1-6,9H,7-8H2,(H,21,24)(H,23,26). The Kier molecular flexibility index (Phi) is 3.56. The lowest BCUT2D eigenvalue weighted by Crippen LogP contribution is -2.31. The first-order chi connectivity index (χ1) is 12.4. The van der Waals surface area contributed by atoms with E-state index in [1.165, 1.54) is 35.1 Å². The molecule has 0 spiro atoms. The Morgan fingerprint density at radius 3 is 2.50 bits per heavy atom. The molecule has 1 aliphatic carbocycles. The number of carbonyl (C=O) groups excluding carboxylic acids is 1. The maximum absolute atomic E-state index is 13.1. The molecule has 2 heterocycles. The number of nitrogens with one attached hydrogen (secondary N) is 2. The Hall–Kier alpha value is -3.17. The topological polar surface area (TPSA) is 84.2 Å². The highest BCUT2D eigenvalue weighted by atomic mass is 19.4. The summed E-state index contributed by atoms with van der Waals surface area (Å²) in [5.74, 6) is -0.129. The van der Waals surface area contributed by atoms with Crippen molar-refractivity contribution in [2.75, 3.05) is 5.43 Å². The summed E-state index contributed by atoms with van der Waals surface area (Å²) in [5, 5.41) is 11.6. The number of fused-ring (bicyclic) bond motifs is 1. The van der Waals surface area contributed by atoms with Gasteiger partial charge in [0.05, 0.1) is 5.41 Å². The first kappa shape index (κ1) is 16.3. The lowest BCUT2D eigenvalue weighted by molar-refractivity contribution is -0.160. The van der Waals surface area contributed by atoms with Crippen LogP contribution in [0.15, 0.2) is 42.7 Å². The van der Waals surface area contributed by atoms with Crippen molar-refractivity contribution in [1.29, 1.82) is 0 Å². The molecule has 1 aliphatic rings. The van der Waals surface area contributed by atoms with Crippen molar-refractivity contribution in [2.24, 2.45) is 0 Å². The van der Waals surface area contributed by atoms with E-state index in [1.54, 1.807) is 12.1 Å². The number of aromatic nitrogens is 4. The Morgan fingerprint density at radius 2 is 1.85 bits per heavy atom. The number of hydrogen-bond donors (Lipinski definition) is 2. The van der Waals surface area contributed by atoms with Gasteiger partial charge in [0.15, 0.2) is 11.5 Å². The van der Waals surface area contributed by atoms with Crippen LogP contribution in [0, 0.1) is 0 Å². The fourth-order valence-corrected chi connectivity index (χ4v) is 2.79. The van der Waals surface area contributed by atoms with E-state index in [2.05, 4.69) is 26.1 Å². The zero-order valence-corrected chi connectivity index (χ0v) is 13.3. The van der Waals surface area contributed by atoms with Crippen molar-refractivity contribution in [3.05, 3.63) is 53.9 Å². The number of benzene rings is 1. The van der Waals surface area contributed by atoms with E-state index in [0.717, 1.165) is 0 Å². The second kappa shape index (κ2) is 5.68. The quantitative estimate of drug-likeness (QED) is 0.697. The minimum absolute atomic E-state index is 0.0842. The molecule has 0 aliphatic heterocycles. The van der Waals surface area contributed by atoms with Gasteiger partial charge in [0.1, 0.15) is 6.33 Å². The number of rotatable bonds is 4. The number of carbonyl (C=O) groups is 1. The van der Waals surface area contributed by atoms with Crippen molar-refractivity contribution >= 4 is 17.4 Å². The van der Waals surface area contributed by atoms with Gasteiger partial charge in [-0.3, -0.25) is 15.6 Å². The number of amides is 1. The van der Waals surface area contributed by atoms with Crippen molar-refractivity contribution < 1.29 is 18.0 Å². The predicted molar refractivity (Wildman–Crippen MR) is 85.3 cm³/mol. The number of alkyl halides is 3. The average molecular weight is 362 g/mol. The predicted octanol–water partition coefficient (Wildman–Crippen LogP) is 2.48. The number of nitrogens with zero attached hydrogens (tertiary/aromatic N) is 4. The van der Waals surface area contributed by atoms with Crippen molar-refractivity contribution in [3.63, 3.8) is 0 Å². The van der Waals surface area contributed by atoms with Gasteiger partial charge in [0, 0.05) is 5.56 Å². The maximum atomic E-state index is 13.1. The molecule has 1 amide bonds. The molecule has 0 radical (unpaired) electrons. The Morgan fingerprint density at radius 1 is 1.12 bits per heavy atom. The third-order valence-corrected chi connectivity index (χ3v) is 4.46. The molecule has 3 aromatic rings. The molecule has 0 bridgehead atoms. The zero-order valence-electron chi connectivity index (χ0n) is 13.3. The molecule has 4 rings (SSSR count). The van der Waals surface area contributed by atoms with Gasteiger partial charge in [-0.25, -0.2) is 0 Å². The van der Waals surface area contributed by atoms with Crippen LogP contribution in [0.5, 0.6) is 0 Å². The van der Waals surface area contributed by atoms with Gasteiger partial charge in [-0.15, -0.1) is 15.3 Å². The lowest BCUT2D eigenvalue weighted by Gasteiger charge is -2.19. The van der Waals surface area contributed by atoms with Gasteiger partial charge in [0.2, 0.25) is 0 Å². The Labute approximate surface area is 145 Å². The van der Waals surface area contributed by atoms with E-state index in [9.17, 15) is 18.0 Å². The normalized spacial score (nSPS) is 15.7. The van der Waals surface area contributed by atoms with E-state index in [1.807, 2.05) is 0 Å². The average Bonchev–Trinajstić information content (AvgIpc) is 3.32. The molecule has 0 unspecified atom stereocenters. The summed E-state index contributed by atoms with van der Waals surface area (Å²) < 4.78 is 40.8. The second-order valence-electron chi connectivity index (χ2n) is 6.09. The first-order valence-corrected chi connectivity index (χ1v) is 7.80. The van der Waals surface area contributed by atoms with Crippen LogP contribution < -0.4 is 10.9 Å². The number of anilines is 1. The van der Waals surface area contributed by atoms with Crippen LogP contribution in [0.2, 0.25) is 0 Å². The molecule has 7 nitrogen and oxygen atoms in total. The summed E-state index contributed by atoms with van der Waals surface area (Å²) in [6, 6.07) is 8.75. The monoisotopic (exact) mass is 362 g/mol. The Balaban J connectivity index is 1.43. The summed E-state index contributed by atoms with van der Waals surface area (Å²) >= 11 is 0. The molecule has 1 aromatic carbocycles. The Bertz CT molecular complexity index is 962. The van der Waals surface area contributed by atoms with Gasteiger partial charge >= 0.3 is 6.18 Å². The maximum Gasteiger partial charge on any atom is 0.398 e. The highest BCUT2D eigenvalue weighted by molar-refractivity contribution is 5.94. The summed E-state index contributed by atoms with van der Waals surface area (Å²) in [5.41, 5.74) is 4.32. The fourth-order valence-electron chi connectivity index (χ4n) is 2.79. The van der Waals surface area contributed by atoms with Crippen LogP contribution >= 0.6 is 0 Å². The van der Waals surface area contributed by atoms with Gasteiger partial charge in [0.25, 0.3) is 5.91 Å². The first-order valence-electron chi connectivity index (χ1n) is 7.80. The van der Waals surface area contributed by atoms with Crippen LogP contribution in [0.1, 0.15) is 28.8 Å². The molecule has 1 saturated carbocycles. The van der Waals surface area contributed by atoms with Crippen LogP contribution in [-0.4, -0.2) is 31.9 Å². The molecular formula is C16H13F3N6O. The molecule has 0 saturated heterocycles. The third kappa shape index (κ3) is 2.72. The zero-order chi connectivity index (χ0) is 18.4. The van der Waals surface area contributed by atoms with Gasteiger partial charge < -0.3 is 0 Å². The minimum Gasteiger partial charge on any atom is -0.280 e. The molecule has 2 aromatic heterocycles. The number of hydrazine groups is 1. The van der Waals surface area contributed by atoms with Crippen LogP contribution in [0.4, 0.5) is 19.0 Å². The summed E-state index contributed by atoms with van der Waals surface area (Å²) in [7, 11) is 0. The SMILES string of the molecule is O=C(NNc1ccc2nncn2n1)c1ccc(C2(C(F)(F)F)CC2)cc1. The highest BCUT2D eigenvalue weighted by Gasteiger charge is 2.64. The smallest absolute Gasteiger partial charge is 0.280 e. The molecule has 1 fully saturated rings. The molecule has 10 heteroatoms. The van der Waals surface area contributed by atoms with Crippen LogP contribution in [-0.2, 0) is 5.41 Å². The van der Waals surface area contributed by atoms with Gasteiger partial charge in [-0.2, -0.15) is 17.7 Å². The van der Waals surface area contributed by atoms with Crippen LogP contribution in [0.25, 0.3) is 5.65 Å². The molecular weight excluding hydrogens is 349 g/mol. The van der Waals surface area contributed by atoms with E-state index in [0.29, 0.717) is 11.5 Å². The number of hydrogen-bond acceptors (Lipinski definition) is 5. The van der Waals surface area contributed by atoms with Crippen molar-refractivity contribution in [1.82, 2.24) is 25.2 Å². The summed E-state index contributed by atoms with van der Waals surface area (Å²) in [4.78, 5) is 12.1. The van der Waals surface area contributed by atoms with Crippen molar-refractivity contribution in [3.8, 4) is 0 Å². The third-order valence-electron chi connectivity index (χ3n) is 4.46. The molecule has 26 heavy (non-hydrogen) atoms. The van der Waals surface area contributed by atoms with E-state index >= 15 is 0 Å². The molecule has 134 valence electrons. The highest BCUT2D eigenvalue weighted by Crippen LogP contribution is 2.58.